The van der Waals surface area contributed by atoms with Crippen molar-refractivity contribution in [2.24, 2.45) is 0 Å². The van der Waals surface area contributed by atoms with Gasteiger partial charge < -0.3 is 19.9 Å². The van der Waals surface area contributed by atoms with E-state index in [1.807, 2.05) is 86.3 Å². The van der Waals surface area contributed by atoms with Gasteiger partial charge in [0.1, 0.15) is 11.9 Å². The average molecular weight is 519 g/mol. The summed E-state index contributed by atoms with van der Waals surface area (Å²) < 4.78 is 5.55. The van der Waals surface area contributed by atoms with Gasteiger partial charge in [0, 0.05) is 26.2 Å². The number of hydrogen-bond acceptors (Lipinski definition) is 8. The third-order valence-corrected chi connectivity index (χ3v) is 6.23. The maximum absolute atomic E-state index is 12.7. The summed E-state index contributed by atoms with van der Waals surface area (Å²) in [7, 11) is 0. The Morgan fingerprint density at radius 1 is 1.08 bits per heavy atom. The van der Waals surface area contributed by atoms with Crippen LogP contribution < -0.4 is 10.2 Å². The summed E-state index contributed by atoms with van der Waals surface area (Å²) in [5, 5.41) is 15.5. The third-order valence-electron chi connectivity index (χ3n) is 6.23. The molecule has 0 radical (unpaired) electrons. The van der Waals surface area contributed by atoms with Crippen molar-refractivity contribution in [1.29, 1.82) is 0 Å². The van der Waals surface area contributed by atoms with Gasteiger partial charge in [-0.25, -0.2) is 14.8 Å². The van der Waals surface area contributed by atoms with E-state index in [2.05, 4.69) is 15.3 Å². The van der Waals surface area contributed by atoms with Crippen molar-refractivity contribution >= 4 is 23.4 Å². The molecule has 0 bridgehead atoms. The van der Waals surface area contributed by atoms with Crippen LogP contribution in [-0.2, 0) is 17.8 Å². The Morgan fingerprint density at radius 2 is 1.68 bits per heavy atom. The van der Waals surface area contributed by atoms with Gasteiger partial charge in [-0.15, -0.1) is 0 Å². The van der Waals surface area contributed by atoms with E-state index in [-0.39, 0.29) is 29.5 Å². The maximum Gasteiger partial charge on any atom is 0.410 e. The fourth-order valence-electron chi connectivity index (χ4n) is 4.53. The van der Waals surface area contributed by atoms with Gasteiger partial charge in [-0.05, 0) is 44.7 Å². The van der Waals surface area contributed by atoms with Crippen LogP contribution in [0.4, 0.5) is 22.1 Å². The SMILES string of the molecule is CC(C)(C)OC(=O)N1CCCC1CNc1ncnc(N(Cc2ccccc2)Cc2ccccc2)c1[N+](=O)[O-]. The summed E-state index contributed by atoms with van der Waals surface area (Å²) in [5.74, 6) is 0.359. The molecule has 1 aliphatic rings. The highest BCUT2D eigenvalue weighted by molar-refractivity contribution is 5.71. The van der Waals surface area contributed by atoms with E-state index in [0.29, 0.717) is 26.2 Å². The van der Waals surface area contributed by atoms with Crippen molar-refractivity contribution in [3.05, 3.63) is 88.2 Å². The van der Waals surface area contributed by atoms with Crippen molar-refractivity contribution in [2.45, 2.75) is 58.3 Å². The number of amides is 1. The molecule has 1 unspecified atom stereocenters. The minimum atomic E-state index is -0.598. The third kappa shape index (κ3) is 6.96. The number of carbonyl (C=O) groups excluding carboxylic acids is 1. The van der Waals surface area contributed by atoms with Crippen LogP contribution in [0.15, 0.2) is 67.0 Å². The molecule has 1 aromatic heterocycles. The fourth-order valence-corrected chi connectivity index (χ4v) is 4.53. The fraction of sp³-hybridized carbons (Fsp3) is 0.393. The minimum absolute atomic E-state index is 0.127. The number of rotatable bonds is 9. The smallest absolute Gasteiger partial charge is 0.410 e. The molecule has 1 aliphatic heterocycles. The van der Waals surface area contributed by atoms with E-state index < -0.39 is 10.5 Å². The number of carbonyl (C=O) groups is 1. The van der Waals surface area contributed by atoms with Crippen molar-refractivity contribution < 1.29 is 14.5 Å². The topological polar surface area (TPSA) is 114 Å². The Labute approximate surface area is 222 Å². The molecule has 4 rings (SSSR count). The lowest BCUT2D eigenvalue weighted by atomic mass is 10.1. The molecule has 10 heteroatoms. The Balaban J connectivity index is 1.59. The van der Waals surface area contributed by atoms with E-state index >= 15 is 0 Å². The number of hydrogen-bond donors (Lipinski definition) is 1. The largest absolute Gasteiger partial charge is 0.444 e. The van der Waals surface area contributed by atoms with Gasteiger partial charge in [-0.1, -0.05) is 60.7 Å². The second-order valence-electron chi connectivity index (χ2n) is 10.3. The Bertz CT molecular complexity index is 1190. The van der Waals surface area contributed by atoms with E-state index in [9.17, 15) is 14.9 Å². The van der Waals surface area contributed by atoms with Gasteiger partial charge in [-0.3, -0.25) is 10.1 Å². The number of aromatic nitrogens is 2. The van der Waals surface area contributed by atoms with Crippen molar-refractivity contribution in [1.82, 2.24) is 14.9 Å². The van der Waals surface area contributed by atoms with Gasteiger partial charge in [0.25, 0.3) is 0 Å². The highest BCUT2D eigenvalue weighted by Crippen LogP contribution is 2.34. The molecule has 200 valence electrons. The first-order valence-electron chi connectivity index (χ1n) is 12.8. The number of nitrogens with zero attached hydrogens (tertiary/aromatic N) is 5. The number of benzene rings is 2. The molecule has 1 N–H and O–H groups in total. The lowest BCUT2D eigenvalue weighted by Crippen LogP contribution is -2.42. The van der Waals surface area contributed by atoms with Crippen LogP contribution in [0.25, 0.3) is 0 Å². The molecular weight excluding hydrogens is 484 g/mol. The number of likely N-dealkylation sites (tertiary alicyclic amines) is 1. The number of anilines is 2. The molecule has 1 fully saturated rings. The van der Waals surface area contributed by atoms with Gasteiger partial charge in [-0.2, -0.15) is 0 Å². The minimum Gasteiger partial charge on any atom is -0.444 e. The lowest BCUT2D eigenvalue weighted by molar-refractivity contribution is -0.383. The standard InChI is InChI=1S/C28H34N6O4/c1-28(2,3)38-27(35)33-16-10-15-23(33)17-29-25-24(34(36)37)26(31-20-30-25)32(18-21-11-6-4-7-12-21)19-22-13-8-5-9-14-22/h4-9,11-14,20,23H,10,15-19H2,1-3H3,(H,29,30,31). The molecule has 1 saturated heterocycles. The van der Waals surface area contributed by atoms with Crippen LogP contribution in [0.3, 0.4) is 0 Å². The Kier molecular flexibility index (Phi) is 8.40. The van der Waals surface area contributed by atoms with E-state index in [0.717, 1.165) is 24.0 Å². The first-order chi connectivity index (χ1) is 18.2. The lowest BCUT2D eigenvalue weighted by Gasteiger charge is -2.29. The zero-order valence-corrected chi connectivity index (χ0v) is 22.0. The Hall–Kier alpha value is -4.21. The first kappa shape index (κ1) is 26.8. The maximum atomic E-state index is 12.7. The predicted octanol–water partition coefficient (Wildman–Crippen LogP) is 5.40. The van der Waals surface area contributed by atoms with Crippen LogP contribution in [0.2, 0.25) is 0 Å². The number of ether oxygens (including phenoxy) is 1. The second kappa shape index (κ2) is 11.9. The zero-order valence-electron chi connectivity index (χ0n) is 22.0. The predicted molar refractivity (Wildman–Crippen MR) is 146 cm³/mol. The molecule has 0 aliphatic carbocycles. The summed E-state index contributed by atoms with van der Waals surface area (Å²) in [6.07, 6.45) is 2.57. The summed E-state index contributed by atoms with van der Waals surface area (Å²) in [4.78, 5) is 36.8. The monoisotopic (exact) mass is 518 g/mol. The summed E-state index contributed by atoms with van der Waals surface area (Å²) in [6.45, 7) is 7.25. The van der Waals surface area contributed by atoms with E-state index in [1.54, 1.807) is 4.90 Å². The second-order valence-corrected chi connectivity index (χ2v) is 10.3. The molecule has 1 amide bonds. The normalized spacial score (nSPS) is 15.2. The number of nitrogens with one attached hydrogen (secondary N) is 1. The van der Waals surface area contributed by atoms with Crippen molar-refractivity contribution in [3.63, 3.8) is 0 Å². The van der Waals surface area contributed by atoms with Gasteiger partial charge in [0.05, 0.1) is 11.0 Å². The van der Waals surface area contributed by atoms with E-state index in [1.165, 1.54) is 6.33 Å². The molecule has 0 spiro atoms. The van der Waals surface area contributed by atoms with Crippen LogP contribution in [-0.4, -0.2) is 50.6 Å². The highest BCUT2D eigenvalue weighted by Gasteiger charge is 2.33. The van der Waals surface area contributed by atoms with Crippen LogP contribution in [0, 0.1) is 10.1 Å². The highest BCUT2D eigenvalue weighted by atomic mass is 16.6. The molecule has 3 aromatic rings. The zero-order chi connectivity index (χ0) is 27.1. The molecule has 10 nitrogen and oxygen atoms in total. The molecule has 1 atom stereocenters. The molecule has 2 aromatic carbocycles. The molecule has 2 heterocycles. The average Bonchev–Trinajstić information content (AvgIpc) is 3.36. The van der Waals surface area contributed by atoms with Crippen molar-refractivity contribution in [2.75, 3.05) is 23.3 Å². The van der Waals surface area contributed by atoms with E-state index in [4.69, 9.17) is 4.74 Å². The summed E-state index contributed by atoms with van der Waals surface area (Å²) in [6, 6.07) is 19.4. The van der Waals surface area contributed by atoms with Gasteiger partial charge in [0.2, 0.25) is 11.6 Å². The van der Waals surface area contributed by atoms with Gasteiger partial charge >= 0.3 is 11.8 Å². The van der Waals surface area contributed by atoms with Crippen LogP contribution >= 0.6 is 0 Å². The Morgan fingerprint density at radius 3 is 2.24 bits per heavy atom. The van der Waals surface area contributed by atoms with Crippen molar-refractivity contribution in [3.8, 4) is 0 Å². The van der Waals surface area contributed by atoms with Crippen LogP contribution in [0.5, 0.6) is 0 Å². The summed E-state index contributed by atoms with van der Waals surface area (Å²) >= 11 is 0. The summed E-state index contributed by atoms with van der Waals surface area (Å²) in [5.41, 5.74) is 1.22. The quantitative estimate of drug-likeness (QED) is 0.296. The molecule has 38 heavy (non-hydrogen) atoms. The molecular formula is C28H34N6O4. The first-order valence-corrected chi connectivity index (χ1v) is 12.8. The van der Waals surface area contributed by atoms with Crippen LogP contribution in [0.1, 0.15) is 44.7 Å². The number of nitro groups is 1. The van der Waals surface area contributed by atoms with Gasteiger partial charge in [0.15, 0.2) is 0 Å². The molecule has 0 saturated carbocycles.